The van der Waals surface area contributed by atoms with Crippen molar-refractivity contribution in [3.63, 3.8) is 0 Å². The monoisotopic (exact) mass is 312 g/mol. The SMILES string of the molecule is CC(O)(c1ccc(Cl)cc1)C1CCOC2(CCSC2)C1. The molecule has 110 valence electrons. The summed E-state index contributed by atoms with van der Waals surface area (Å²) in [6, 6.07) is 7.58. The maximum absolute atomic E-state index is 11.0. The van der Waals surface area contributed by atoms with Gasteiger partial charge < -0.3 is 9.84 Å². The minimum atomic E-state index is -0.811. The molecule has 0 radical (unpaired) electrons. The summed E-state index contributed by atoms with van der Waals surface area (Å²) in [5.74, 6) is 2.49. The largest absolute Gasteiger partial charge is 0.385 e. The van der Waals surface area contributed by atoms with Crippen LogP contribution in [0.2, 0.25) is 5.02 Å². The molecule has 3 atom stereocenters. The zero-order chi connectivity index (χ0) is 14.2. The van der Waals surface area contributed by atoms with Gasteiger partial charge in [0.25, 0.3) is 0 Å². The van der Waals surface area contributed by atoms with Crippen molar-refractivity contribution in [3.8, 4) is 0 Å². The first-order valence-electron chi connectivity index (χ1n) is 7.22. The van der Waals surface area contributed by atoms with Crippen LogP contribution in [0.5, 0.6) is 0 Å². The maximum Gasteiger partial charge on any atom is 0.0898 e. The summed E-state index contributed by atoms with van der Waals surface area (Å²) in [4.78, 5) is 0. The van der Waals surface area contributed by atoms with Gasteiger partial charge in [-0.3, -0.25) is 0 Å². The Labute approximate surface area is 129 Å². The number of hydrogen-bond donors (Lipinski definition) is 1. The van der Waals surface area contributed by atoms with Gasteiger partial charge in [-0.2, -0.15) is 11.8 Å². The van der Waals surface area contributed by atoms with E-state index in [-0.39, 0.29) is 11.5 Å². The van der Waals surface area contributed by atoms with Crippen LogP contribution in [0.4, 0.5) is 0 Å². The van der Waals surface area contributed by atoms with Crippen molar-refractivity contribution in [1.82, 2.24) is 0 Å². The zero-order valence-electron chi connectivity index (χ0n) is 11.8. The van der Waals surface area contributed by atoms with Crippen LogP contribution < -0.4 is 0 Å². The number of thioether (sulfide) groups is 1. The Hall–Kier alpha value is -0.220. The molecule has 1 spiro atoms. The quantitative estimate of drug-likeness (QED) is 0.899. The van der Waals surface area contributed by atoms with Gasteiger partial charge in [0.15, 0.2) is 0 Å². The van der Waals surface area contributed by atoms with Crippen LogP contribution in [0.3, 0.4) is 0 Å². The minimum Gasteiger partial charge on any atom is -0.385 e. The number of benzene rings is 1. The molecule has 4 heteroatoms. The van der Waals surface area contributed by atoms with E-state index in [0.29, 0.717) is 5.02 Å². The summed E-state index contributed by atoms with van der Waals surface area (Å²) in [7, 11) is 0. The average molecular weight is 313 g/mol. The predicted octanol–water partition coefficient (Wildman–Crippen LogP) is 3.85. The number of halogens is 1. The van der Waals surface area contributed by atoms with Crippen molar-refractivity contribution >= 4 is 23.4 Å². The third-order valence-electron chi connectivity index (χ3n) is 4.78. The molecule has 2 fully saturated rings. The smallest absolute Gasteiger partial charge is 0.0898 e. The molecule has 2 heterocycles. The molecule has 0 amide bonds. The summed E-state index contributed by atoms with van der Waals surface area (Å²) in [5.41, 5.74) is 0.146. The van der Waals surface area contributed by atoms with E-state index in [4.69, 9.17) is 16.3 Å². The van der Waals surface area contributed by atoms with Crippen molar-refractivity contribution in [2.45, 2.75) is 37.4 Å². The molecule has 0 aliphatic carbocycles. The Morgan fingerprint density at radius 3 is 2.80 bits per heavy atom. The standard InChI is InChI=1S/C16H21ClO2S/c1-15(18,12-2-4-14(17)5-3-12)13-6-8-19-16(10-13)7-9-20-11-16/h2-5,13,18H,6-11H2,1H3. The molecular formula is C16H21ClO2S. The topological polar surface area (TPSA) is 29.5 Å². The summed E-state index contributed by atoms with van der Waals surface area (Å²) >= 11 is 7.91. The summed E-state index contributed by atoms with van der Waals surface area (Å²) in [5, 5.41) is 11.7. The van der Waals surface area contributed by atoms with E-state index in [0.717, 1.165) is 37.2 Å². The highest BCUT2D eigenvalue weighted by molar-refractivity contribution is 7.99. The summed E-state index contributed by atoms with van der Waals surface area (Å²) < 4.78 is 6.05. The van der Waals surface area contributed by atoms with Gasteiger partial charge in [0.2, 0.25) is 0 Å². The third-order valence-corrected chi connectivity index (χ3v) is 6.26. The lowest BCUT2D eigenvalue weighted by atomic mass is 9.73. The van der Waals surface area contributed by atoms with Gasteiger partial charge >= 0.3 is 0 Å². The van der Waals surface area contributed by atoms with Gasteiger partial charge in [-0.05, 0) is 55.6 Å². The molecule has 1 N–H and O–H groups in total. The normalized spacial score (nSPS) is 33.2. The van der Waals surface area contributed by atoms with E-state index in [9.17, 15) is 5.11 Å². The van der Waals surface area contributed by atoms with Crippen LogP contribution in [0, 0.1) is 5.92 Å². The summed E-state index contributed by atoms with van der Waals surface area (Å²) in [6.45, 7) is 2.69. The molecule has 2 aliphatic rings. The van der Waals surface area contributed by atoms with E-state index < -0.39 is 5.60 Å². The van der Waals surface area contributed by atoms with E-state index >= 15 is 0 Å². The van der Waals surface area contributed by atoms with Crippen LogP contribution >= 0.6 is 23.4 Å². The number of rotatable bonds is 2. The second kappa shape index (κ2) is 5.53. The van der Waals surface area contributed by atoms with Gasteiger partial charge in [-0.25, -0.2) is 0 Å². The number of ether oxygens (including phenoxy) is 1. The molecule has 2 aliphatic heterocycles. The van der Waals surface area contributed by atoms with E-state index in [1.54, 1.807) is 0 Å². The van der Waals surface area contributed by atoms with Crippen molar-refractivity contribution in [2.24, 2.45) is 5.92 Å². The van der Waals surface area contributed by atoms with Gasteiger partial charge in [-0.1, -0.05) is 23.7 Å². The Morgan fingerprint density at radius 1 is 1.40 bits per heavy atom. The lowest BCUT2D eigenvalue weighted by Crippen LogP contribution is -2.46. The lowest BCUT2D eigenvalue weighted by molar-refractivity contribution is -0.129. The van der Waals surface area contributed by atoms with Crippen LogP contribution in [0.1, 0.15) is 31.7 Å². The van der Waals surface area contributed by atoms with Crippen molar-refractivity contribution in [3.05, 3.63) is 34.9 Å². The molecule has 0 saturated carbocycles. The molecule has 3 unspecified atom stereocenters. The highest BCUT2D eigenvalue weighted by Crippen LogP contribution is 2.46. The zero-order valence-corrected chi connectivity index (χ0v) is 13.3. The van der Waals surface area contributed by atoms with Gasteiger partial charge in [-0.15, -0.1) is 0 Å². The van der Waals surface area contributed by atoms with Crippen LogP contribution in [-0.2, 0) is 10.3 Å². The van der Waals surface area contributed by atoms with E-state index in [1.165, 1.54) is 5.75 Å². The van der Waals surface area contributed by atoms with Gasteiger partial charge in [0.1, 0.15) is 0 Å². The van der Waals surface area contributed by atoms with E-state index in [1.807, 2.05) is 43.0 Å². The molecule has 0 aromatic heterocycles. The molecular weight excluding hydrogens is 292 g/mol. The Kier molecular flexibility index (Phi) is 4.06. The molecule has 3 rings (SSSR count). The first-order valence-corrected chi connectivity index (χ1v) is 8.75. The fraction of sp³-hybridized carbons (Fsp3) is 0.625. The Bertz CT molecular complexity index is 466. The van der Waals surface area contributed by atoms with Gasteiger partial charge in [0.05, 0.1) is 11.2 Å². The fourth-order valence-corrected chi connectivity index (χ4v) is 4.90. The van der Waals surface area contributed by atoms with Crippen LogP contribution in [-0.4, -0.2) is 28.8 Å². The molecule has 2 saturated heterocycles. The maximum atomic E-state index is 11.0. The van der Waals surface area contributed by atoms with Crippen LogP contribution in [0.15, 0.2) is 24.3 Å². The summed E-state index contributed by atoms with van der Waals surface area (Å²) in [6.07, 6.45) is 2.99. The van der Waals surface area contributed by atoms with Crippen molar-refractivity contribution < 1.29 is 9.84 Å². The van der Waals surface area contributed by atoms with Crippen molar-refractivity contribution in [1.29, 1.82) is 0 Å². The Morgan fingerprint density at radius 2 is 2.15 bits per heavy atom. The highest BCUT2D eigenvalue weighted by atomic mass is 35.5. The van der Waals surface area contributed by atoms with Crippen LogP contribution in [0.25, 0.3) is 0 Å². The molecule has 20 heavy (non-hydrogen) atoms. The fourth-order valence-electron chi connectivity index (χ4n) is 3.39. The lowest BCUT2D eigenvalue weighted by Gasteiger charge is -2.43. The van der Waals surface area contributed by atoms with Crippen molar-refractivity contribution in [2.75, 3.05) is 18.1 Å². The number of hydrogen-bond acceptors (Lipinski definition) is 3. The average Bonchev–Trinajstić information content (AvgIpc) is 2.87. The second-order valence-corrected chi connectivity index (χ2v) is 7.72. The van der Waals surface area contributed by atoms with E-state index in [2.05, 4.69) is 0 Å². The first-order chi connectivity index (χ1) is 9.52. The minimum absolute atomic E-state index is 0.00397. The predicted molar refractivity (Wildman–Crippen MR) is 84.4 cm³/mol. The first kappa shape index (κ1) is 14.7. The second-order valence-electron chi connectivity index (χ2n) is 6.18. The molecule has 2 nitrogen and oxygen atoms in total. The van der Waals surface area contributed by atoms with Gasteiger partial charge in [0, 0.05) is 17.4 Å². The molecule has 1 aromatic rings. The number of aliphatic hydroxyl groups is 1. The third kappa shape index (κ3) is 2.74. The molecule has 0 bridgehead atoms. The Balaban J connectivity index is 1.81. The molecule has 1 aromatic carbocycles. The highest BCUT2D eigenvalue weighted by Gasteiger charge is 2.46.